The van der Waals surface area contributed by atoms with Crippen molar-refractivity contribution >= 4 is 16.5 Å². The van der Waals surface area contributed by atoms with E-state index in [0.717, 1.165) is 32.3 Å². The molecule has 0 radical (unpaired) electrons. The molecule has 0 saturated carbocycles. The molecule has 1 fully saturated rings. The molecule has 2 rings (SSSR count). The molecular weight excluding hydrogens is 253 g/mol. The van der Waals surface area contributed by atoms with Crippen LogP contribution in [0, 0.1) is 5.82 Å². The number of anilines is 1. The maximum Gasteiger partial charge on any atom is 0.147 e. The molecule has 1 aliphatic rings. The van der Waals surface area contributed by atoms with E-state index in [1.54, 1.807) is 6.07 Å². The van der Waals surface area contributed by atoms with Gasteiger partial charge in [-0.15, -0.1) is 0 Å². The summed E-state index contributed by atoms with van der Waals surface area (Å²) in [6.07, 6.45) is 4.32. The number of hydrogen-bond donors (Lipinski definition) is 1. The molecule has 0 amide bonds. The largest absolute Gasteiger partial charge is 0.396 e. The molecule has 1 aromatic carbocycles. The topological polar surface area (TPSA) is 52.3 Å². The Bertz CT molecular complexity index is 433. The summed E-state index contributed by atoms with van der Waals surface area (Å²) in [5, 5.41) is 0. The molecule has 100 valence electrons. The lowest BCUT2D eigenvalue weighted by Crippen LogP contribution is -2.07. The summed E-state index contributed by atoms with van der Waals surface area (Å²) in [5.74, 6) is 0.0448. The van der Waals surface area contributed by atoms with Crippen molar-refractivity contribution in [1.82, 2.24) is 0 Å². The van der Waals surface area contributed by atoms with Gasteiger partial charge in [0.05, 0.1) is 22.6 Å². The van der Waals surface area contributed by atoms with Crippen molar-refractivity contribution in [1.29, 1.82) is 0 Å². The zero-order valence-corrected chi connectivity index (χ0v) is 11.0. The third-order valence-corrected chi connectivity index (χ3v) is 4.55. The van der Waals surface area contributed by atoms with Gasteiger partial charge >= 0.3 is 0 Å². The highest BCUT2D eigenvalue weighted by Crippen LogP contribution is 2.19. The van der Waals surface area contributed by atoms with Gasteiger partial charge in [0.15, 0.2) is 0 Å². The highest BCUT2D eigenvalue weighted by molar-refractivity contribution is 7.85. The summed E-state index contributed by atoms with van der Waals surface area (Å²) in [4.78, 5) is 0.508. The zero-order valence-electron chi connectivity index (χ0n) is 10.2. The number of ether oxygens (including phenoxy) is 1. The molecule has 0 aliphatic carbocycles. The highest BCUT2D eigenvalue weighted by atomic mass is 32.2. The quantitative estimate of drug-likeness (QED) is 0.837. The van der Waals surface area contributed by atoms with Crippen molar-refractivity contribution < 1.29 is 13.3 Å². The molecule has 2 unspecified atom stereocenters. The normalized spacial score (nSPS) is 21.1. The van der Waals surface area contributed by atoms with E-state index in [9.17, 15) is 8.60 Å². The highest BCUT2D eigenvalue weighted by Gasteiger charge is 2.15. The van der Waals surface area contributed by atoms with Crippen molar-refractivity contribution in [2.75, 3.05) is 18.1 Å². The van der Waals surface area contributed by atoms with Gasteiger partial charge in [0.1, 0.15) is 5.82 Å². The van der Waals surface area contributed by atoms with Crippen LogP contribution in [-0.2, 0) is 15.5 Å². The fraction of sp³-hybridized carbons (Fsp3) is 0.538. The van der Waals surface area contributed by atoms with Crippen LogP contribution in [0.2, 0.25) is 0 Å². The third kappa shape index (κ3) is 3.53. The van der Waals surface area contributed by atoms with E-state index < -0.39 is 16.6 Å². The first kappa shape index (κ1) is 13.5. The van der Waals surface area contributed by atoms with Gasteiger partial charge in [-0.3, -0.25) is 4.21 Å². The Balaban J connectivity index is 1.81. The molecular formula is C13H18FNO2S. The summed E-state index contributed by atoms with van der Waals surface area (Å²) in [6.45, 7) is 0.844. The SMILES string of the molecule is Nc1ccc(S(=O)CCCC2CCCO2)cc1F. The summed E-state index contributed by atoms with van der Waals surface area (Å²) in [7, 11) is -1.15. The summed E-state index contributed by atoms with van der Waals surface area (Å²) in [5.41, 5.74) is 5.47. The van der Waals surface area contributed by atoms with Crippen molar-refractivity contribution in [3.63, 3.8) is 0 Å². The van der Waals surface area contributed by atoms with Crippen LogP contribution in [0.5, 0.6) is 0 Å². The number of halogens is 1. The van der Waals surface area contributed by atoms with Gasteiger partial charge in [0, 0.05) is 17.3 Å². The molecule has 1 heterocycles. The Hall–Kier alpha value is -0.940. The van der Waals surface area contributed by atoms with Gasteiger partial charge in [-0.2, -0.15) is 0 Å². The lowest BCUT2D eigenvalue weighted by Gasteiger charge is -2.08. The summed E-state index contributed by atoms with van der Waals surface area (Å²) >= 11 is 0. The van der Waals surface area contributed by atoms with E-state index in [1.165, 1.54) is 12.1 Å². The van der Waals surface area contributed by atoms with E-state index in [0.29, 0.717) is 16.8 Å². The first-order chi connectivity index (χ1) is 8.66. The number of nitrogens with two attached hydrogens (primary N) is 1. The molecule has 2 atom stereocenters. The van der Waals surface area contributed by atoms with Gasteiger partial charge in [-0.25, -0.2) is 4.39 Å². The minimum Gasteiger partial charge on any atom is -0.396 e. The smallest absolute Gasteiger partial charge is 0.147 e. The van der Waals surface area contributed by atoms with Crippen LogP contribution >= 0.6 is 0 Å². The summed E-state index contributed by atoms with van der Waals surface area (Å²) in [6, 6.07) is 4.35. The number of hydrogen-bond acceptors (Lipinski definition) is 3. The Morgan fingerprint density at radius 2 is 2.33 bits per heavy atom. The number of rotatable bonds is 5. The van der Waals surface area contributed by atoms with Gasteiger partial charge < -0.3 is 10.5 Å². The Morgan fingerprint density at radius 3 is 3.00 bits per heavy atom. The van der Waals surface area contributed by atoms with Crippen molar-refractivity contribution in [3.8, 4) is 0 Å². The van der Waals surface area contributed by atoms with Gasteiger partial charge in [-0.05, 0) is 43.9 Å². The molecule has 2 N–H and O–H groups in total. The van der Waals surface area contributed by atoms with E-state index in [2.05, 4.69) is 0 Å². The molecule has 1 saturated heterocycles. The third-order valence-electron chi connectivity index (χ3n) is 3.11. The maximum absolute atomic E-state index is 13.2. The molecule has 0 bridgehead atoms. The maximum atomic E-state index is 13.2. The minimum absolute atomic E-state index is 0.0927. The van der Waals surface area contributed by atoms with Crippen LogP contribution in [0.1, 0.15) is 25.7 Å². The second-order valence-corrected chi connectivity index (χ2v) is 6.08. The Morgan fingerprint density at radius 1 is 1.50 bits per heavy atom. The average Bonchev–Trinajstić information content (AvgIpc) is 2.85. The van der Waals surface area contributed by atoms with Gasteiger partial charge in [0.2, 0.25) is 0 Å². The van der Waals surface area contributed by atoms with Gasteiger partial charge in [0.25, 0.3) is 0 Å². The van der Waals surface area contributed by atoms with Crippen LogP contribution in [0.4, 0.5) is 10.1 Å². The molecule has 1 aliphatic heterocycles. The second kappa shape index (κ2) is 6.29. The van der Waals surface area contributed by atoms with Crippen LogP contribution < -0.4 is 5.73 Å². The first-order valence-electron chi connectivity index (χ1n) is 6.22. The predicted molar refractivity (Wildman–Crippen MR) is 70.3 cm³/mol. The lowest BCUT2D eigenvalue weighted by molar-refractivity contribution is 0.104. The molecule has 18 heavy (non-hydrogen) atoms. The summed E-state index contributed by atoms with van der Waals surface area (Å²) < 4.78 is 30.7. The van der Waals surface area contributed by atoms with Crippen LogP contribution in [0.25, 0.3) is 0 Å². The predicted octanol–water partition coefficient (Wildman–Crippen LogP) is 2.47. The first-order valence-corrected chi connectivity index (χ1v) is 7.53. The second-order valence-electron chi connectivity index (χ2n) is 4.51. The van der Waals surface area contributed by atoms with Crippen molar-refractivity contribution in [3.05, 3.63) is 24.0 Å². The molecule has 0 aromatic heterocycles. The monoisotopic (exact) mass is 271 g/mol. The number of nitrogen functional groups attached to an aromatic ring is 1. The molecule has 0 spiro atoms. The molecule has 1 aromatic rings. The van der Waals surface area contributed by atoms with Crippen LogP contribution in [0.3, 0.4) is 0 Å². The lowest BCUT2D eigenvalue weighted by atomic mass is 10.1. The van der Waals surface area contributed by atoms with Crippen LogP contribution in [-0.4, -0.2) is 22.7 Å². The molecule has 3 nitrogen and oxygen atoms in total. The van der Waals surface area contributed by atoms with E-state index in [-0.39, 0.29) is 5.69 Å². The van der Waals surface area contributed by atoms with Crippen molar-refractivity contribution in [2.45, 2.75) is 36.7 Å². The van der Waals surface area contributed by atoms with E-state index >= 15 is 0 Å². The minimum atomic E-state index is -1.15. The van der Waals surface area contributed by atoms with Crippen LogP contribution in [0.15, 0.2) is 23.1 Å². The van der Waals surface area contributed by atoms with E-state index in [4.69, 9.17) is 10.5 Å². The standard InChI is InChI=1S/C13H18FNO2S/c14-12-9-11(5-6-13(12)15)18(16)8-2-4-10-3-1-7-17-10/h5-6,9-10H,1-4,7-8,15H2. The van der Waals surface area contributed by atoms with Crippen molar-refractivity contribution in [2.24, 2.45) is 0 Å². The Kier molecular flexibility index (Phi) is 4.72. The fourth-order valence-corrected chi connectivity index (χ4v) is 3.20. The number of benzene rings is 1. The van der Waals surface area contributed by atoms with E-state index in [1.807, 2.05) is 0 Å². The Labute approximate surface area is 109 Å². The molecule has 5 heteroatoms. The zero-order chi connectivity index (χ0) is 13.0. The average molecular weight is 271 g/mol. The fourth-order valence-electron chi connectivity index (χ4n) is 2.08. The van der Waals surface area contributed by atoms with Gasteiger partial charge in [-0.1, -0.05) is 0 Å².